The van der Waals surface area contributed by atoms with Gasteiger partial charge in [0.15, 0.2) is 18.2 Å². The summed E-state index contributed by atoms with van der Waals surface area (Å²) < 4.78 is 24.3. The number of benzene rings is 2. The molecule has 0 spiro atoms. The van der Waals surface area contributed by atoms with Crippen molar-refractivity contribution in [2.45, 2.75) is 13.0 Å². The molecule has 1 aliphatic rings. The molecule has 1 atom stereocenters. The zero-order valence-electron chi connectivity index (χ0n) is 15.5. The first-order valence-corrected chi connectivity index (χ1v) is 9.16. The van der Waals surface area contributed by atoms with Crippen molar-refractivity contribution in [2.24, 2.45) is 0 Å². The first-order chi connectivity index (χ1) is 13.1. The summed E-state index contributed by atoms with van der Waals surface area (Å²) in [6.45, 7) is 5.31. The van der Waals surface area contributed by atoms with Gasteiger partial charge in [-0.2, -0.15) is 0 Å². The fourth-order valence-electron chi connectivity index (χ4n) is 3.10. The number of hydrogen-bond acceptors (Lipinski definition) is 4. The van der Waals surface area contributed by atoms with E-state index in [4.69, 9.17) is 9.47 Å². The van der Waals surface area contributed by atoms with Gasteiger partial charge in [0.25, 0.3) is 5.91 Å². The van der Waals surface area contributed by atoms with E-state index in [1.54, 1.807) is 12.1 Å². The molecular weight excluding hydrogens is 347 g/mol. The molecule has 1 fully saturated rings. The van der Waals surface area contributed by atoms with Crippen molar-refractivity contribution >= 4 is 5.91 Å². The van der Waals surface area contributed by atoms with Crippen LogP contribution in [0.2, 0.25) is 0 Å². The number of hydrogen-bond donors (Lipinski definition) is 1. The van der Waals surface area contributed by atoms with Gasteiger partial charge in [0, 0.05) is 19.6 Å². The highest BCUT2D eigenvalue weighted by atomic mass is 19.1. The minimum atomic E-state index is -0.476. The smallest absolute Gasteiger partial charge is 0.258 e. The summed E-state index contributed by atoms with van der Waals surface area (Å²) in [4.78, 5) is 14.5. The second-order valence-corrected chi connectivity index (χ2v) is 6.60. The number of nitrogens with zero attached hydrogens (tertiary/aromatic N) is 1. The maximum Gasteiger partial charge on any atom is 0.258 e. The molecule has 6 heteroatoms. The first kappa shape index (κ1) is 19.3. The van der Waals surface area contributed by atoms with Crippen LogP contribution in [-0.2, 0) is 9.53 Å². The van der Waals surface area contributed by atoms with Crippen LogP contribution in [0.4, 0.5) is 4.39 Å². The van der Waals surface area contributed by atoms with Crippen LogP contribution >= 0.6 is 0 Å². The second-order valence-electron chi connectivity index (χ2n) is 6.60. The van der Waals surface area contributed by atoms with Crippen molar-refractivity contribution in [3.63, 3.8) is 0 Å². The molecule has 0 saturated carbocycles. The van der Waals surface area contributed by atoms with Crippen molar-refractivity contribution in [1.82, 2.24) is 10.2 Å². The molecule has 1 saturated heterocycles. The van der Waals surface area contributed by atoms with Gasteiger partial charge in [0.1, 0.15) is 0 Å². The third-order valence-electron chi connectivity index (χ3n) is 4.64. The van der Waals surface area contributed by atoms with Crippen molar-refractivity contribution in [2.75, 3.05) is 39.5 Å². The van der Waals surface area contributed by atoms with E-state index in [1.807, 2.05) is 0 Å². The van der Waals surface area contributed by atoms with Crippen molar-refractivity contribution in [1.29, 1.82) is 0 Å². The molecule has 0 bridgehead atoms. The maximum absolute atomic E-state index is 13.6. The lowest BCUT2D eigenvalue weighted by Gasteiger charge is -2.35. The molecule has 1 heterocycles. The van der Waals surface area contributed by atoms with Crippen LogP contribution in [0.3, 0.4) is 0 Å². The fourth-order valence-corrected chi connectivity index (χ4v) is 3.10. The van der Waals surface area contributed by atoms with Crippen molar-refractivity contribution in [3.8, 4) is 5.75 Å². The molecule has 27 heavy (non-hydrogen) atoms. The van der Waals surface area contributed by atoms with E-state index in [0.29, 0.717) is 19.8 Å². The number of para-hydroxylation sites is 1. The van der Waals surface area contributed by atoms with Gasteiger partial charge in [-0.05, 0) is 24.6 Å². The van der Waals surface area contributed by atoms with E-state index < -0.39 is 5.82 Å². The van der Waals surface area contributed by atoms with Crippen molar-refractivity contribution < 1.29 is 18.7 Å². The number of carbonyl (C=O) groups is 1. The van der Waals surface area contributed by atoms with E-state index >= 15 is 0 Å². The number of ether oxygens (including phenoxy) is 2. The Morgan fingerprint density at radius 2 is 1.89 bits per heavy atom. The molecule has 2 aromatic rings. The number of carbonyl (C=O) groups excluding carboxylic acids is 1. The highest BCUT2D eigenvalue weighted by Crippen LogP contribution is 2.22. The van der Waals surface area contributed by atoms with Crippen LogP contribution in [0.1, 0.15) is 17.2 Å². The molecule has 0 unspecified atom stereocenters. The van der Waals surface area contributed by atoms with Crippen LogP contribution in [-0.4, -0.2) is 50.3 Å². The number of rotatable bonds is 7. The summed E-state index contributed by atoms with van der Waals surface area (Å²) in [6, 6.07) is 14.5. The summed E-state index contributed by atoms with van der Waals surface area (Å²) >= 11 is 0. The Labute approximate surface area is 159 Å². The van der Waals surface area contributed by atoms with Gasteiger partial charge in [0.05, 0.1) is 19.3 Å². The Kier molecular flexibility index (Phi) is 6.79. The molecule has 0 radical (unpaired) electrons. The number of nitrogens with one attached hydrogen (secondary N) is 1. The highest BCUT2D eigenvalue weighted by Gasteiger charge is 2.23. The second kappa shape index (κ2) is 9.48. The molecular formula is C21H25FN2O3. The van der Waals surface area contributed by atoms with Gasteiger partial charge in [-0.3, -0.25) is 9.69 Å². The number of halogens is 1. The quantitative estimate of drug-likeness (QED) is 0.812. The number of aryl methyl sites for hydroxylation is 1. The number of morpholine rings is 1. The largest absolute Gasteiger partial charge is 0.481 e. The molecule has 0 aromatic heterocycles. The topological polar surface area (TPSA) is 50.8 Å². The molecule has 1 N–H and O–H groups in total. The molecule has 144 valence electrons. The SMILES string of the molecule is Cc1ccc([C@@H](CNC(=O)COc2ccccc2F)N2CCOCC2)cc1. The molecule has 2 aromatic carbocycles. The summed E-state index contributed by atoms with van der Waals surface area (Å²) in [6.07, 6.45) is 0. The lowest BCUT2D eigenvalue weighted by atomic mass is 10.0. The number of amides is 1. The van der Waals surface area contributed by atoms with E-state index in [9.17, 15) is 9.18 Å². The van der Waals surface area contributed by atoms with E-state index in [2.05, 4.69) is 41.4 Å². The van der Waals surface area contributed by atoms with Crippen molar-refractivity contribution in [3.05, 3.63) is 65.5 Å². The standard InChI is InChI=1S/C21H25FN2O3/c1-16-6-8-17(9-7-16)19(24-10-12-26-13-11-24)14-23-21(25)15-27-20-5-3-2-4-18(20)22/h2-9,19H,10-15H2,1H3,(H,23,25)/t19-/m1/s1. The van der Waals surface area contributed by atoms with Gasteiger partial charge >= 0.3 is 0 Å². The molecule has 1 amide bonds. The Morgan fingerprint density at radius 3 is 2.59 bits per heavy atom. The third kappa shape index (κ3) is 5.52. The van der Waals surface area contributed by atoms with Gasteiger partial charge < -0.3 is 14.8 Å². The van der Waals surface area contributed by atoms with E-state index in [1.165, 1.54) is 17.7 Å². The normalized spacial score (nSPS) is 15.9. The predicted molar refractivity (Wildman–Crippen MR) is 101 cm³/mol. The van der Waals surface area contributed by atoms with Crippen LogP contribution in [0.5, 0.6) is 5.75 Å². The summed E-state index contributed by atoms with van der Waals surface area (Å²) in [5.41, 5.74) is 2.35. The van der Waals surface area contributed by atoms with Gasteiger partial charge in [-0.1, -0.05) is 42.0 Å². The summed E-state index contributed by atoms with van der Waals surface area (Å²) in [7, 11) is 0. The van der Waals surface area contributed by atoms with Crippen LogP contribution < -0.4 is 10.1 Å². The average Bonchev–Trinajstić information content (AvgIpc) is 2.69. The monoisotopic (exact) mass is 372 g/mol. The Balaban J connectivity index is 1.59. The van der Waals surface area contributed by atoms with Crippen LogP contribution in [0.25, 0.3) is 0 Å². The van der Waals surface area contributed by atoms with E-state index in [-0.39, 0.29) is 24.3 Å². The first-order valence-electron chi connectivity index (χ1n) is 9.16. The Bertz CT molecular complexity index is 745. The summed E-state index contributed by atoms with van der Waals surface area (Å²) in [5, 5.41) is 2.91. The Hall–Kier alpha value is -2.44. The molecule has 3 rings (SSSR count). The third-order valence-corrected chi connectivity index (χ3v) is 4.64. The van der Waals surface area contributed by atoms with E-state index in [0.717, 1.165) is 18.7 Å². The zero-order chi connectivity index (χ0) is 19.1. The van der Waals surface area contributed by atoms with Gasteiger partial charge in [-0.25, -0.2) is 4.39 Å². The zero-order valence-corrected chi connectivity index (χ0v) is 15.5. The predicted octanol–water partition coefficient (Wildman–Crippen LogP) is 2.70. The van der Waals surface area contributed by atoms with Crippen LogP contribution in [0.15, 0.2) is 48.5 Å². The van der Waals surface area contributed by atoms with Gasteiger partial charge in [0.2, 0.25) is 0 Å². The maximum atomic E-state index is 13.6. The lowest BCUT2D eigenvalue weighted by Crippen LogP contribution is -2.44. The minimum Gasteiger partial charge on any atom is -0.481 e. The fraction of sp³-hybridized carbons (Fsp3) is 0.381. The summed E-state index contributed by atoms with van der Waals surface area (Å²) in [5.74, 6) is -0.671. The highest BCUT2D eigenvalue weighted by molar-refractivity contribution is 5.77. The Morgan fingerprint density at radius 1 is 1.19 bits per heavy atom. The molecule has 5 nitrogen and oxygen atoms in total. The lowest BCUT2D eigenvalue weighted by molar-refractivity contribution is -0.123. The minimum absolute atomic E-state index is 0.0620. The molecule has 1 aliphatic heterocycles. The average molecular weight is 372 g/mol. The van der Waals surface area contributed by atoms with Crippen LogP contribution in [0, 0.1) is 12.7 Å². The molecule has 0 aliphatic carbocycles. The van der Waals surface area contributed by atoms with Gasteiger partial charge in [-0.15, -0.1) is 0 Å².